The molecular weight excluding hydrogens is 923 g/mol. The Balaban J connectivity index is 3.52. The van der Waals surface area contributed by atoms with E-state index in [1.807, 2.05) is 0 Å². The van der Waals surface area contributed by atoms with Crippen LogP contribution in [0.4, 0.5) is 0 Å². The van der Waals surface area contributed by atoms with Crippen molar-refractivity contribution in [2.75, 3.05) is 6.61 Å². The predicted octanol–water partition coefficient (Wildman–Crippen LogP) is 20.9. The van der Waals surface area contributed by atoms with Crippen molar-refractivity contribution in [2.24, 2.45) is 0 Å². The zero-order valence-electron chi connectivity index (χ0n) is 50.8. The van der Waals surface area contributed by atoms with Crippen molar-refractivity contribution in [1.29, 1.82) is 0 Å². The Labute approximate surface area is 469 Å². The number of unbranched alkanes of at least 4 members (excludes halogenated alkanes) is 51. The number of amides is 1. The highest BCUT2D eigenvalue weighted by Crippen LogP contribution is 2.19. The molecule has 0 aromatic carbocycles. The highest BCUT2D eigenvalue weighted by Gasteiger charge is 2.28. The van der Waals surface area contributed by atoms with Crippen molar-refractivity contribution in [1.82, 2.24) is 5.32 Å². The third kappa shape index (κ3) is 57.3. The maximum atomic E-state index is 12.6. The fourth-order valence-corrected chi connectivity index (χ4v) is 11.1. The standard InChI is InChI=1S/C69H135NO5/c1-3-5-7-9-11-13-15-17-19-21-23-25-26-27-28-29-30-31-32-33-34-35-36-37-38-39-40-41-43-45-47-49-51-53-55-57-59-61-63-67(73)69(75)70-65(64-71)68(74)66(72)62-60-58-56-54-52-50-48-46-44-42-24-22-20-18-16-14-12-10-8-6-4-2/h46,48,54,56,65-68,71-74H,3-45,47,49-53,55,57-64H2,1-2H3,(H,70,75)/b48-46+,56-54+. The number of carbonyl (C=O) groups is 1. The summed E-state index contributed by atoms with van der Waals surface area (Å²) in [5.74, 6) is -0.590. The lowest BCUT2D eigenvalue weighted by Gasteiger charge is -2.27. The van der Waals surface area contributed by atoms with E-state index >= 15 is 0 Å². The van der Waals surface area contributed by atoms with Gasteiger partial charge in [-0.15, -0.1) is 0 Å². The van der Waals surface area contributed by atoms with Crippen LogP contribution in [0.25, 0.3) is 0 Å². The van der Waals surface area contributed by atoms with Gasteiger partial charge in [0.25, 0.3) is 0 Å². The van der Waals surface area contributed by atoms with Gasteiger partial charge in [-0.3, -0.25) is 4.79 Å². The van der Waals surface area contributed by atoms with Crippen molar-refractivity contribution in [3.8, 4) is 0 Å². The molecular formula is C69H135NO5. The Morgan fingerprint density at radius 2 is 0.560 bits per heavy atom. The molecule has 446 valence electrons. The van der Waals surface area contributed by atoms with E-state index in [9.17, 15) is 25.2 Å². The molecule has 0 aromatic heterocycles. The third-order valence-electron chi connectivity index (χ3n) is 16.4. The molecule has 4 unspecified atom stereocenters. The molecule has 0 saturated carbocycles. The summed E-state index contributed by atoms with van der Waals surface area (Å²) in [6.45, 7) is 4.09. The second-order valence-electron chi connectivity index (χ2n) is 23.9. The van der Waals surface area contributed by atoms with E-state index in [4.69, 9.17) is 0 Å². The first-order valence-corrected chi connectivity index (χ1v) is 34.2. The number of rotatable bonds is 64. The highest BCUT2D eigenvalue weighted by atomic mass is 16.3. The smallest absolute Gasteiger partial charge is 0.249 e. The highest BCUT2D eigenvalue weighted by molar-refractivity contribution is 5.80. The van der Waals surface area contributed by atoms with Crippen LogP contribution in [0.3, 0.4) is 0 Å². The van der Waals surface area contributed by atoms with Gasteiger partial charge >= 0.3 is 0 Å². The number of hydrogen-bond donors (Lipinski definition) is 5. The topological polar surface area (TPSA) is 110 Å². The van der Waals surface area contributed by atoms with Gasteiger partial charge in [-0.05, 0) is 51.4 Å². The minimum Gasteiger partial charge on any atom is -0.394 e. The molecule has 6 heteroatoms. The van der Waals surface area contributed by atoms with Gasteiger partial charge in [0, 0.05) is 0 Å². The lowest BCUT2D eigenvalue weighted by Crippen LogP contribution is -2.53. The van der Waals surface area contributed by atoms with E-state index in [-0.39, 0.29) is 0 Å². The summed E-state index contributed by atoms with van der Waals surface area (Å²) in [4.78, 5) is 12.6. The molecule has 5 N–H and O–H groups in total. The van der Waals surface area contributed by atoms with E-state index < -0.39 is 36.9 Å². The number of hydrogen-bond acceptors (Lipinski definition) is 5. The van der Waals surface area contributed by atoms with Crippen LogP contribution in [0.5, 0.6) is 0 Å². The molecule has 75 heavy (non-hydrogen) atoms. The SMILES string of the molecule is CCCCCCCCCCCCCC/C=C/CC/C=C/CCCC(O)C(O)C(CO)NC(=O)C(O)CCCCCCCCCCCCCCCCCCCCCCCCCCCCCCCCCCCCCCCC. The Hall–Kier alpha value is -1.21. The zero-order chi connectivity index (χ0) is 54.4. The van der Waals surface area contributed by atoms with Gasteiger partial charge in [0.1, 0.15) is 12.2 Å². The monoisotopic (exact) mass is 1060 g/mol. The molecule has 4 atom stereocenters. The van der Waals surface area contributed by atoms with Gasteiger partial charge in [0.2, 0.25) is 5.91 Å². The van der Waals surface area contributed by atoms with Crippen LogP contribution >= 0.6 is 0 Å². The fourth-order valence-electron chi connectivity index (χ4n) is 11.1. The summed E-state index contributed by atoms with van der Waals surface area (Å²) >= 11 is 0. The van der Waals surface area contributed by atoms with Crippen molar-refractivity contribution in [2.45, 2.75) is 404 Å². The Morgan fingerprint density at radius 1 is 0.320 bits per heavy atom. The van der Waals surface area contributed by atoms with Crippen molar-refractivity contribution in [3.05, 3.63) is 24.3 Å². The first kappa shape index (κ1) is 73.8. The van der Waals surface area contributed by atoms with Gasteiger partial charge in [-0.25, -0.2) is 0 Å². The molecule has 0 aromatic rings. The van der Waals surface area contributed by atoms with Crippen molar-refractivity contribution in [3.63, 3.8) is 0 Å². The maximum Gasteiger partial charge on any atom is 0.249 e. The molecule has 0 radical (unpaired) electrons. The molecule has 0 aliphatic heterocycles. The van der Waals surface area contributed by atoms with Gasteiger partial charge < -0.3 is 25.7 Å². The lowest BCUT2D eigenvalue weighted by atomic mass is 10.00. The largest absolute Gasteiger partial charge is 0.394 e. The van der Waals surface area contributed by atoms with E-state index in [1.54, 1.807) is 0 Å². The van der Waals surface area contributed by atoms with Crippen LogP contribution < -0.4 is 5.32 Å². The minimum absolute atomic E-state index is 0.365. The Bertz CT molecular complexity index is 1140. The normalized spacial score (nSPS) is 13.6. The van der Waals surface area contributed by atoms with E-state index in [0.717, 1.165) is 38.5 Å². The van der Waals surface area contributed by atoms with Gasteiger partial charge in [0.05, 0.1) is 18.8 Å². The molecule has 0 aliphatic carbocycles. The summed E-state index contributed by atoms with van der Waals surface area (Å²) in [7, 11) is 0. The number of allylic oxidation sites excluding steroid dienone is 4. The number of aliphatic hydroxyl groups is 4. The first-order valence-electron chi connectivity index (χ1n) is 34.2. The first-order chi connectivity index (χ1) is 37.0. The fraction of sp³-hybridized carbons (Fsp3) is 0.928. The van der Waals surface area contributed by atoms with E-state index in [2.05, 4.69) is 43.5 Å². The molecule has 0 heterocycles. The summed E-state index contributed by atoms with van der Waals surface area (Å²) in [6, 6.07) is -1.01. The molecule has 0 spiro atoms. The number of nitrogens with one attached hydrogen (secondary N) is 1. The average Bonchev–Trinajstić information content (AvgIpc) is 3.42. The summed E-state index contributed by atoms with van der Waals surface area (Å²) in [6.07, 6.45) is 80.3. The van der Waals surface area contributed by atoms with Crippen LogP contribution in [0.2, 0.25) is 0 Å². The molecule has 0 aliphatic rings. The quantitative estimate of drug-likeness (QED) is 0.0308. The maximum absolute atomic E-state index is 12.6. The van der Waals surface area contributed by atoms with Gasteiger partial charge in [0.15, 0.2) is 0 Å². The van der Waals surface area contributed by atoms with Crippen LogP contribution in [0.1, 0.15) is 380 Å². The molecule has 0 fully saturated rings. The van der Waals surface area contributed by atoms with Gasteiger partial charge in [-0.1, -0.05) is 353 Å². The van der Waals surface area contributed by atoms with Crippen LogP contribution in [0, 0.1) is 0 Å². The van der Waals surface area contributed by atoms with Crippen LogP contribution in [-0.2, 0) is 4.79 Å². The molecule has 0 bridgehead atoms. The Morgan fingerprint density at radius 3 is 0.840 bits per heavy atom. The summed E-state index contributed by atoms with van der Waals surface area (Å²) < 4.78 is 0. The summed E-state index contributed by atoms with van der Waals surface area (Å²) in [5, 5.41) is 44.1. The number of aliphatic hydroxyl groups excluding tert-OH is 4. The molecule has 0 rings (SSSR count). The predicted molar refractivity (Wildman–Crippen MR) is 330 cm³/mol. The summed E-state index contributed by atoms with van der Waals surface area (Å²) in [5.41, 5.74) is 0. The van der Waals surface area contributed by atoms with Crippen LogP contribution in [-0.4, -0.2) is 57.3 Å². The van der Waals surface area contributed by atoms with Gasteiger partial charge in [-0.2, -0.15) is 0 Å². The van der Waals surface area contributed by atoms with Crippen molar-refractivity contribution >= 4 is 5.91 Å². The minimum atomic E-state index is -1.29. The molecule has 0 saturated heterocycles. The second kappa shape index (κ2) is 63.6. The molecule has 1 amide bonds. The van der Waals surface area contributed by atoms with E-state index in [1.165, 1.54) is 308 Å². The average molecular weight is 1060 g/mol. The molecule has 6 nitrogen and oxygen atoms in total. The van der Waals surface area contributed by atoms with Crippen molar-refractivity contribution < 1.29 is 25.2 Å². The van der Waals surface area contributed by atoms with E-state index in [0.29, 0.717) is 19.3 Å². The zero-order valence-corrected chi connectivity index (χ0v) is 50.8. The van der Waals surface area contributed by atoms with Crippen LogP contribution in [0.15, 0.2) is 24.3 Å². The Kier molecular flexibility index (Phi) is 62.6. The second-order valence-corrected chi connectivity index (χ2v) is 23.9. The third-order valence-corrected chi connectivity index (χ3v) is 16.4. The number of carbonyl (C=O) groups excluding carboxylic acids is 1. The lowest BCUT2D eigenvalue weighted by molar-refractivity contribution is -0.132.